The number of carbonyl (C=O) groups is 4. The maximum atomic E-state index is 12.6. The number of esters is 1. The van der Waals surface area contributed by atoms with E-state index in [-0.39, 0.29) is 30.9 Å². The van der Waals surface area contributed by atoms with Gasteiger partial charge in [0.05, 0.1) is 13.2 Å². The molecule has 0 fully saturated rings. The van der Waals surface area contributed by atoms with Crippen molar-refractivity contribution in [2.24, 2.45) is 0 Å². The van der Waals surface area contributed by atoms with Crippen molar-refractivity contribution in [3.05, 3.63) is 0 Å². The molecule has 0 radical (unpaired) electrons. The van der Waals surface area contributed by atoms with E-state index in [0.29, 0.717) is 12.8 Å². The van der Waals surface area contributed by atoms with Gasteiger partial charge in [-0.25, -0.2) is 4.79 Å². The largest absolute Gasteiger partial charge is 0.480 e. The molecule has 0 aliphatic heterocycles. The van der Waals surface area contributed by atoms with Crippen molar-refractivity contribution in [3.63, 3.8) is 0 Å². The summed E-state index contributed by atoms with van der Waals surface area (Å²) in [6.07, 6.45) is 30.1. The zero-order valence-electron chi connectivity index (χ0n) is 29.6. The fourth-order valence-electron chi connectivity index (χ4n) is 5.66. The molecule has 0 rings (SSSR count). The van der Waals surface area contributed by atoms with Crippen LogP contribution in [0.25, 0.3) is 0 Å². The van der Waals surface area contributed by atoms with Crippen LogP contribution in [0.2, 0.25) is 0 Å². The van der Waals surface area contributed by atoms with Gasteiger partial charge in [-0.05, 0) is 38.5 Å². The lowest BCUT2D eigenvalue weighted by molar-refractivity contribution is -0.150. The second-order valence-corrected chi connectivity index (χ2v) is 13.0. The third-order valence-electron chi connectivity index (χ3n) is 8.60. The first-order valence-corrected chi connectivity index (χ1v) is 18.9. The minimum Gasteiger partial charge on any atom is -0.480 e. The third-order valence-corrected chi connectivity index (χ3v) is 8.60. The van der Waals surface area contributed by atoms with E-state index in [2.05, 4.69) is 24.5 Å². The number of hydrogen-bond donors (Lipinski definition) is 4. The highest BCUT2D eigenvalue weighted by atomic mass is 16.5. The molecule has 2 atom stereocenters. The van der Waals surface area contributed by atoms with Gasteiger partial charge in [0.2, 0.25) is 11.8 Å². The summed E-state index contributed by atoms with van der Waals surface area (Å²) in [6.45, 7) is 3.42. The second-order valence-electron chi connectivity index (χ2n) is 13.0. The summed E-state index contributed by atoms with van der Waals surface area (Å²) in [7, 11) is 0. The number of rotatable bonds is 34. The first kappa shape index (κ1) is 43.8. The number of aliphatic carboxylic acids is 1. The van der Waals surface area contributed by atoms with Gasteiger partial charge >= 0.3 is 11.9 Å². The molecule has 0 aromatic rings. The van der Waals surface area contributed by atoms with Gasteiger partial charge in [0.15, 0.2) is 0 Å². The smallest absolute Gasteiger partial charge is 0.328 e. The lowest BCUT2D eigenvalue weighted by Gasteiger charge is -2.18. The minimum absolute atomic E-state index is 0.0314. The molecule has 9 nitrogen and oxygen atoms in total. The van der Waals surface area contributed by atoms with Crippen LogP contribution in [0.5, 0.6) is 0 Å². The number of nitrogens with one attached hydrogen (secondary N) is 2. The van der Waals surface area contributed by atoms with Gasteiger partial charge in [-0.15, -0.1) is 0 Å². The maximum absolute atomic E-state index is 12.6. The maximum Gasteiger partial charge on any atom is 0.328 e. The van der Waals surface area contributed by atoms with E-state index in [9.17, 15) is 19.2 Å². The Morgan fingerprint density at radius 1 is 0.565 bits per heavy atom. The van der Waals surface area contributed by atoms with Crippen molar-refractivity contribution in [2.45, 2.75) is 199 Å². The van der Waals surface area contributed by atoms with Crippen LogP contribution in [0.3, 0.4) is 0 Å². The van der Waals surface area contributed by atoms with E-state index in [1.807, 2.05) is 0 Å². The van der Waals surface area contributed by atoms with Gasteiger partial charge in [-0.2, -0.15) is 0 Å². The molecular weight excluding hydrogens is 584 g/mol. The predicted octanol–water partition coefficient (Wildman–Crippen LogP) is 8.15. The molecule has 0 saturated heterocycles. The van der Waals surface area contributed by atoms with Gasteiger partial charge in [0, 0.05) is 12.8 Å². The summed E-state index contributed by atoms with van der Waals surface area (Å²) in [4.78, 5) is 47.2. The number of carbonyl (C=O) groups excluding carboxylic acids is 3. The quantitative estimate of drug-likeness (QED) is 0.0405. The predicted molar refractivity (Wildman–Crippen MR) is 186 cm³/mol. The first-order chi connectivity index (χ1) is 22.3. The molecule has 9 heteroatoms. The van der Waals surface area contributed by atoms with E-state index in [0.717, 1.165) is 57.8 Å². The average Bonchev–Trinajstić information content (AvgIpc) is 3.03. The Labute approximate surface area is 280 Å². The first-order valence-electron chi connectivity index (χ1n) is 18.9. The molecule has 0 aromatic heterocycles. The summed E-state index contributed by atoms with van der Waals surface area (Å²) in [5, 5.41) is 22.4. The summed E-state index contributed by atoms with van der Waals surface area (Å²) < 4.78 is 5.91. The normalized spacial score (nSPS) is 12.4. The molecule has 46 heavy (non-hydrogen) atoms. The zero-order chi connectivity index (χ0) is 34.1. The number of amides is 2. The molecular formula is C37H70N2O7. The summed E-state index contributed by atoms with van der Waals surface area (Å²) in [6, 6.07) is -1.38. The lowest BCUT2D eigenvalue weighted by Crippen LogP contribution is -2.47. The monoisotopic (exact) mass is 655 g/mol. The Bertz CT molecular complexity index is 762. The molecule has 0 aromatic carbocycles. The van der Waals surface area contributed by atoms with E-state index in [1.165, 1.54) is 96.3 Å². The van der Waals surface area contributed by atoms with Crippen LogP contribution in [-0.4, -0.2) is 59.3 Å². The van der Waals surface area contributed by atoms with Gasteiger partial charge in [0.25, 0.3) is 0 Å². The molecule has 0 aliphatic carbocycles. The summed E-state index contributed by atoms with van der Waals surface area (Å²) >= 11 is 0. The Hall–Kier alpha value is -2.16. The summed E-state index contributed by atoms with van der Waals surface area (Å²) in [5.41, 5.74) is 0. The van der Waals surface area contributed by atoms with Crippen molar-refractivity contribution >= 4 is 23.8 Å². The second kappa shape index (κ2) is 32.8. The molecule has 0 aliphatic rings. The molecule has 2 unspecified atom stereocenters. The van der Waals surface area contributed by atoms with Gasteiger partial charge in [0.1, 0.15) is 12.1 Å². The molecule has 0 bridgehead atoms. The van der Waals surface area contributed by atoms with E-state index >= 15 is 0 Å². The SMILES string of the molecule is CCCCCCCCCCCCCCCCCC(=O)OC(CCCCCC)CCCCCCC(=O)NCC(=O)NC(CO)C(=O)O. The van der Waals surface area contributed by atoms with Crippen LogP contribution >= 0.6 is 0 Å². The number of carboxylic acids is 1. The number of ether oxygens (including phenoxy) is 1. The highest BCUT2D eigenvalue weighted by Crippen LogP contribution is 2.18. The van der Waals surface area contributed by atoms with E-state index < -0.39 is 24.5 Å². The van der Waals surface area contributed by atoms with E-state index in [4.69, 9.17) is 14.9 Å². The highest BCUT2D eigenvalue weighted by Gasteiger charge is 2.19. The van der Waals surface area contributed by atoms with Crippen molar-refractivity contribution in [1.29, 1.82) is 0 Å². The van der Waals surface area contributed by atoms with Gasteiger partial charge < -0.3 is 25.6 Å². The minimum atomic E-state index is -1.38. The third kappa shape index (κ3) is 29.3. The molecule has 0 spiro atoms. The Morgan fingerprint density at radius 2 is 0.978 bits per heavy atom. The zero-order valence-corrected chi connectivity index (χ0v) is 29.6. The molecule has 0 saturated carbocycles. The standard InChI is InChI=1S/C37H70N2O7/c1-3-5-7-9-10-11-12-13-14-15-16-17-18-19-25-29-36(43)46-32(26-22-8-6-4-2)27-23-20-21-24-28-34(41)38-30-35(42)39-33(31-40)37(44)45/h32-33,40H,3-31H2,1-2H3,(H,38,41)(H,39,42)(H,44,45). The fourth-order valence-corrected chi connectivity index (χ4v) is 5.66. The average molecular weight is 655 g/mol. The van der Waals surface area contributed by atoms with E-state index in [1.54, 1.807) is 0 Å². The van der Waals surface area contributed by atoms with Crippen molar-refractivity contribution in [2.75, 3.05) is 13.2 Å². The van der Waals surface area contributed by atoms with Crippen LogP contribution in [0.4, 0.5) is 0 Å². The van der Waals surface area contributed by atoms with Crippen molar-refractivity contribution in [1.82, 2.24) is 10.6 Å². The molecule has 2 amide bonds. The number of carboxylic acid groups (broad SMARTS) is 1. The summed E-state index contributed by atoms with van der Waals surface area (Å²) in [5.74, 6) is -2.33. The van der Waals surface area contributed by atoms with Crippen LogP contribution in [0.15, 0.2) is 0 Å². The topological polar surface area (TPSA) is 142 Å². The Balaban J connectivity index is 3.99. The van der Waals surface area contributed by atoms with Crippen LogP contribution in [-0.2, 0) is 23.9 Å². The lowest BCUT2D eigenvalue weighted by atomic mass is 10.0. The Morgan fingerprint density at radius 3 is 1.43 bits per heavy atom. The van der Waals surface area contributed by atoms with Crippen LogP contribution < -0.4 is 10.6 Å². The highest BCUT2D eigenvalue weighted by molar-refractivity contribution is 5.87. The number of unbranched alkanes of at least 4 members (excludes halogenated alkanes) is 20. The molecule has 270 valence electrons. The molecule has 4 N–H and O–H groups in total. The van der Waals surface area contributed by atoms with Crippen molar-refractivity contribution < 1.29 is 34.1 Å². The van der Waals surface area contributed by atoms with Crippen molar-refractivity contribution in [3.8, 4) is 0 Å². The fraction of sp³-hybridized carbons (Fsp3) is 0.892. The number of hydrogen-bond acceptors (Lipinski definition) is 6. The van der Waals surface area contributed by atoms with Gasteiger partial charge in [-0.1, -0.05) is 136 Å². The van der Waals surface area contributed by atoms with Crippen LogP contribution in [0, 0.1) is 0 Å². The Kier molecular flexibility index (Phi) is 31.2. The molecule has 0 heterocycles. The number of aliphatic hydroxyl groups is 1. The van der Waals surface area contributed by atoms with Crippen LogP contribution in [0.1, 0.15) is 187 Å². The number of aliphatic hydroxyl groups excluding tert-OH is 1. The van der Waals surface area contributed by atoms with Gasteiger partial charge in [-0.3, -0.25) is 14.4 Å².